The zero-order chi connectivity index (χ0) is 16.1. The number of imidazole rings is 1. The molecule has 5 heteroatoms. The van der Waals surface area contributed by atoms with Gasteiger partial charge in [0.25, 0.3) is 5.91 Å². The van der Waals surface area contributed by atoms with Crippen LogP contribution in [0.5, 0.6) is 0 Å². The molecule has 0 spiro atoms. The number of hydrogen-bond acceptors (Lipinski definition) is 3. The van der Waals surface area contributed by atoms with Gasteiger partial charge in [-0.05, 0) is 11.1 Å². The van der Waals surface area contributed by atoms with Crippen molar-refractivity contribution in [2.75, 3.05) is 0 Å². The fourth-order valence-electron chi connectivity index (χ4n) is 2.45. The summed E-state index contributed by atoms with van der Waals surface area (Å²) in [6.45, 7) is 0. The lowest BCUT2D eigenvalue weighted by Crippen LogP contribution is -2.32. The van der Waals surface area contributed by atoms with Gasteiger partial charge in [0.05, 0.1) is 18.6 Å². The smallest absolute Gasteiger partial charge is 0.269 e. The van der Waals surface area contributed by atoms with Crippen molar-refractivity contribution in [2.24, 2.45) is 0 Å². The summed E-state index contributed by atoms with van der Waals surface area (Å²) in [5.41, 5.74) is 1.93. The molecular weight excluding hydrogens is 290 g/mol. The molecule has 5 nitrogen and oxygen atoms in total. The number of aromatic nitrogens is 2. The molecule has 2 aromatic carbocycles. The highest BCUT2D eigenvalue weighted by molar-refractivity contribution is 5.92. The number of nitrogens with one attached hydrogen (secondary N) is 2. The minimum atomic E-state index is -0.856. The van der Waals surface area contributed by atoms with Gasteiger partial charge < -0.3 is 15.4 Å². The fourth-order valence-corrected chi connectivity index (χ4v) is 2.45. The lowest BCUT2D eigenvalue weighted by atomic mass is 9.95. The van der Waals surface area contributed by atoms with E-state index in [1.54, 1.807) is 0 Å². The van der Waals surface area contributed by atoms with Gasteiger partial charge in [0.15, 0.2) is 0 Å². The Kier molecular flexibility index (Phi) is 4.49. The summed E-state index contributed by atoms with van der Waals surface area (Å²) in [5, 5.41) is 13.6. The Balaban J connectivity index is 1.89. The van der Waals surface area contributed by atoms with E-state index in [9.17, 15) is 9.90 Å². The summed E-state index contributed by atoms with van der Waals surface area (Å²) in [5.74, 6) is -0.314. The van der Waals surface area contributed by atoms with Crippen molar-refractivity contribution in [3.05, 3.63) is 90.0 Å². The lowest BCUT2D eigenvalue weighted by molar-refractivity contribution is 0.0827. The number of carbonyl (C=O) groups excluding carboxylic acids is 1. The van der Waals surface area contributed by atoms with Crippen LogP contribution in [0.25, 0.3) is 0 Å². The molecule has 0 aliphatic heterocycles. The molecule has 0 bridgehead atoms. The molecule has 1 heterocycles. The second-order valence-electron chi connectivity index (χ2n) is 5.18. The first-order chi connectivity index (χ1) is 11.3. The minimum Gasteiger partial charge on any atom is -0.386 e. The van der Waals surface area contributed by atoms with Crippen LogP contribution in [-0.4, -0.2) is 21.0 Å². The molecule has 0 saturated carbocycles. The number of amides is 1. The van der Waals surface area contributed by atoms with Gasteiger partial charge in [-0.1, -0.05) is 60.7 Å². The summed E-state index contributed by atoms with van der Waals surface area (Å²) in [7, 11) is 0. The van der Waals surface area contributed by atoms with Crippen molar-refractivity contribution in [2.45, 2.75) is 12.1 Å². The Hall–Kier alpha value is -2.92. The van der Waals surface area contributed by atoms with E-state index in [0.29, 0.717) is 5.69 Å². The molecular formula is C18H17N3O2. The number of nitrogens with zero attached hydrogens (tertiary/aromatic N) is 1. The Morgan fingerprint density at radius 2 is 1.61 bits per heavy atom. The standard InChI is InChI=1S/C18H17N3O2/c22-17(14-9-5-2-6-10-14)16(13-7-3-1-4-8-13)21-18(23)15-11-19-12-20-15/h1-12,16-17,22H,(H,19,20)(H,21,23)/t16-,17+/m1/s1. The summed E-state index contributed by atoms with van der Waals surface area (Å²) < 4.78 is 0. The second kappa shape index (κ2) is 6.89. The molecule has 0 aliphatic rings. The van der Waals surface area contributed by atoms with E-state index in [0.717, 1.165) is 11.1 Å². The van der Waals surface area contributed by atoms with Crippen LogP contribution in [0.2, 0.25) is 0 Å². The third-order valence-electron chi connectivity index (χ3n) is 3.64. The van der Waals surface area contributed by atoms with Gasteiger partial charge in [-0.2, -0.15) is 0 Å². The van der Waals surface area contributed by atoms with Crippen LogP contribution in [0.1, 0.15) is 33.8 Å². The Labute approximate surface area is 134 Å². The van der Waals surface area contributed by atoms with Crippen LogP contribution >= 0.6 is 0 Å². The number of carbonyl (C=O) groups is 1. The average Bonchev–Trinajstić information content (AvgIpc) is 3.15. The van der Waals surface area contributed by atoms with Crippen LogP contribution in [-0.2, 0) is 0 Å². The highest BCUT2D eigenvalue weighted by atomic mass is 16.3. The molecule has 1 aromatic heterocycles. The Bertz CT molecular complexity index is 742. The van der Waals surface area contributed by atoms with E-state index in [4.69, 9.17) is 0 Å². The van der Waals surface area contributed by atoms with Crippen LogP contribution < -0.4 is 5.32 Å². The second-order valence-corrected chi connectivity index (χ2v) is 5.18. The van der Waals surface area contributed by atoms with E-state index in [-0.39, 0.29) is 5.91 Å². The van der Waals surface area contributed by atoms with Gasteiger partial charge in [0.1, 0.15) is 11.8 Å². The molecule has 2 atom stereocenters. The lowest BCUT2D eigenvalue weighted by Gasteiger charge is -2.24. The maximum absolute atomic E-state index is 12.3. The predicted octanol–water partition coefficient (Wildman–Crippen LogP) is 2.61. The van der Waals surface area contributed by atoms with Crippen LogP contribution in [0.4, 0.5) is 0 Å². The summed E-state index contributed by atoms with van der Waals surface area (Å²) in [6.07, 6.45) is 2.04. The Morgan fingerprint density at radius 3 is 2.17 bits per heavy atom. The molecule has 0 aliphatic carbocycles. The predicted molar refractivity (Wildman–Crippen MR) is 86.6 cm³/mol. The maximum atomic E-state index is 12.3. The van der Waals surface area contributed by atoms with Crippen molar-refractivity contribution >= 4 is 5.91 Å². The first-order valence-electron chi connectivity index (χ1n) is 7.33. The van der Waals surface area contributed by atoms with Crippen molar-refractivity contribution in [3.63, 3.8) is 0 Å². The quantitative estimate of drug-likeness (QED) is 0.678. The van der Waals surface area contributed by atoms with Gasteiger partial charge in [0.2, 0.25) is 0 Å². The van der Waals surface area contributed by atoms with Crippen molar-refractivity contribution < 1.29 is 9.90 Å². The number of rotatable bonds is 5. The molecule has 0 radical (unpaired) electrons. The first-order valence-corrected chi connectivity index (χ1v) is 7.33. The van der Waals surface area contributed by atoms with E-state index in [1.165, 1.54) is 12.5 Å². The van der Waals surface area contributed by atoms with Crippen molar-refractivity contribution in [1.82, 2.24) is 15.3 Å². The monoisotopic (exact) mass is 307 g/mol. The number of aliphatic hydroxyl groups excluding tert-OH is 1. The highest BCUT2D eigenvalue weighted by Gasteiger charge is 2.25. The average molecular weight is 307 g/mol. The van der Waals surface area contributed by atoms with Crippen LogP contribution in [0.3, 0.4) is 0 Å². The molecule has 1 amide bonds. The van der Waals surface area contributed by atoms with Gasteiger partial charge >= 0.3 is 0 Å². The number of H-pyrrole nitrogens is 1. The van der Waals surface area contributed by atoms with Crippen LogP contribution in [0, 0.1) is 0 Å². The molecule has 3 rings (SSSR count). The molecule has 0 fully saturated rings. The van der Waals surface area contributed by atoms with Gasteiger partial charge in [0, 0.05) is 0 Å². The summed E-state index contributed by atoms with van der Waals surface area (Å²) in [4.78, 5) is 18.9. The zero-order valence-electron chi connectivity index (χ0n) is 12.4. The fraction of sp³-hybridized carbons (Fsp3) is 0.111. The topological polar surface area (TPSA) is 78.0 Å². The molecule has 3 aromatic rings. The van der Waals surface area contributed by atoms with Crippen LogP contribution in [0.15, 0.2) is 73.2 Å². The van der Waals surface area contributed by atoms with Crippen molar-refractivity contribution in [1.29, 1.82) is 0 Å². The van der Waals surface area contributed by atoms with E-state index in [2.05, 4.69) is 15.3 Å². The molecule has 23 heavy (non-hydrogen) atoms. The number of benzene rings is 2. The molecule has 0 saturated heterocycles. The Morgan fingerprint density at radius 1 is 1.00 bits per heavy atom. The summed E-state index contributed by atoms with van der Waals surface area (Å²) >= 11 is 0. The van der Waals surface area contributed by atoms with Gasteiger partial charge in [-0.15, -0.1) is 0 Å². The van der Waals surface area contributed by atoms with E-state index in [1.807, 2.05) is 60.7 Å². The first kappa shape index (κ1) is 15.0. The SMILES string of the molecule is O=C(N[C@H](c1ccccc1)[C@@H](O)c1ccccc1)c1cnc[nH]1. The van der Waals surface area contributed by atoms with Gasteiger partial charge in [-0.3, -0.25) is 4.79 Å². The number of hydrogen-bond donors (Lipinski definition) is 3. The highest BCUT2D eigenvalue weighted by Crippen LogP contribution is 2.28. The number of aliphatic hydroxyl groups is 1. The molecule has 116 valence electrons. The van der Waals surface area contributed by atoms with E-state index >= 15 is 0 Å². The largest absolute Gasteiger partial charge is 0.386 e. The maximum Gasteiger partial charge on any atom is 0.269 e. The molecule has 0 unspecified atom stereocenters. The number of aromatic amines is 1. The normalized spacial score (nSPS) is 13.3. The minimum absolute atomic E-state index is 0.314. The van der Waals surface area contributed by atoms with Crippen molar-refractivity contribution in [3.8, 4) is 0 Å². The van der Waals surface area contributed by atoms with Gasteiger partial charge in [-0.25, -0.2) is 4.98 Å². The third-order valence-corrected chi connectivity index (χ3v) is 3.64. The summed E-state index contributed by atoms with van der Waals surface area (Å²) in [6, 6.07) is 18.1. The third kappa shape index (κ3) is 3.46. The van der Waals surface area contributed by atoms with E-state index < -0.39 is 12.1 Å². The zero-order valence-corrected chi connectivity index (χ0v) is 12.4. The molecule has 3 N–H and O–H groups in total.